The van der Waals surface area contributed by atoms with Crippen molar-refractivity contribution in [3.05, 3.63) is 0 Å². The highest BCUT2D eigenvalue weighted by molar-refractivity contribution is 7.81. The number of nitrogens with two attached hydrogens (primary N) is 1. The third kappa shape index (κ3) is 2.43. The summed E-state index contributed by atoms with van der Waals surface area (Å²) in [5.74, 6) is -0.519. The van der Waals surface area contributed by atoms with Gasteiger partial charge in [-0.25, -0.2) is 0 Å². The predicted octanol–water partition coefficient (Wildman–Crippen LogP) is 0.397. The molecule has 0 saturated carbocycles. The Morgan fingerprint density at radius 1 is 1.88 bits per heavy atom. The van der Waals surface area contributed by atoms with Gasteiger partial charge in [0.25, 0.3) is 0 Å². The second kappa shape index (κ2) is 3.20. The Labute approximate surface area is 58.8 Å². The van der Waals surface area contributed by atoms with Crippen LogP contribution in [0.1, 0.15) is 6.92 Å². The van der Waals surface area contributed by atoms with Crippen LogP contribution in [0.2, 0.25) is 0 Å². The lowest BCUT2D eigenvalue weighted by atomic mass is 10.3. The van der Waals surface area contributed by atoms with Gasteiger partial charge in [0.05, 0.1) is 0 Å². The average Bonchev–Trinajstić information content (AvgIpc) is 1.64. The molecule has 0 aromatic heterocycles. The molecule has 2 N–H and O–H groups in total. The molecule has 0 saturated heterocycles. The van der Waals surface area contributed by atoms with Crippen molar-refractivity contribution >= 4 is 30.1 Å². The van der Waals surface area contributed by atoms with Crippen LogP contribution in [0, 0.1) is 0 Å². The first-order valence-corrected chi connectivity index (χ1v) is 3.12. The number of carbonyl (C=O) groups excluding carboxylic acids is 1. The van der Waals surface area contributed by atoms with E-state index in [0.29, 0.717) is 0 Å². The maximum Gasteiger partial charge on any atom is 0.236 e. The van der Waals surface area contributed by atoms with E-state index in [9.17, 15) is 4.79 Å². The molecule has 0 fully saturated rings. The van der Waals surface area contributed by atoms with Gasteiger partial charge in [-0.3, -0.25) is 4.79 Å². The molecule has 0 aromatic carbocycles. The lowest BCUT2D eigenvalue weighted by molar-refractivity contribution is -0.117. The number of amides is 1. The number of primary amides is 1. The van der Waals surface area contributed by atoms with Gasteiger partial charge in [-0.1, -0.05) is 6.92 Å². The highest BCUT2D eigenvalue weighted by atomic mass is 35.5. The number of hydrogen-bond donors (Lipinski definition) is 2. The van der Waals surface area contributed by atoms with Crippen molar-refractivity contribution in [3.8, 4) is 0 Å². The van der Waals surface area contributed by atoms with Crippen LogP contribution in [-0.4, -0.2) is 16.5 Å². The zero-order chi connectivity index (χ0) is 6.73. The smallest absolute Gasteiger partial charge is 0.236 e. The van der Waals surface area contributed by atoms with Crippen molar-refractivity contribution in [3.63, 3.8) is 0 Å². The first-order chi connectivity index (χ1) is 3.55. The molecule has 4 heteroatoms. The minimum Gasteiger partial charge on any atom is -0.368 e. The Bertz CT molecular complexity index is 96.0. The van der Waals surface area contributed by atoms with Crippen molar-refractivity contribution in [1.29, 1.82) is 0 Å². The summed E-state index contributed by atoms with van der Waals surface area (Å²) in [6.07, 6.45) is 0. The normalized spacial score (nSPS) is 17.4. The van der Waals surface area contributed by atoms with E-state index >= 15 is 0 Å². The van der Waals surface area contributed by atoms with Gasteiger partial charge < -0.3 is 5.73 Å². The highest BCUT2D eigenvalue weighted by Crippen LogP contribution is 2.06. The van der Waals surface area contributed by atoms with Gasteiger partial charge in [-0.05, 0) is 0 Å². The number of rotatable bonds is 2. The van der Waals surface area contributed by atoms with Crippen molar-refractivity contribution in [2.45, 2.75) is 17.6 Å². The van der Waals surface area contributed by atoms with E-state index in [4.69, 9.17) is 17.3 Å². The summed E-state index contributed by atoms with van der Waals surface area (Å²) in [7, 11) is 0. The topological polar surface area (TPSA) is 43.1 Å². The van der Waals surface area contributed by atoms with Crippen molar-refractivity contribution in [2.24, 2.45) is 5.73 Å². The van der Waals surface area contributed by atoms with Gasteiger partial charge in [-0.2, -0.15) is 12.6 Å². The van der Waals surface area contributed by atoms with Crippen molar-refractivity contribution in [2.75, 3.05) is 0 Å². The fourth-order valence-electron chi connectivity index (χ4n) is 0.238. The minimum atomic E-state index is -0.654. The Hall–Kier alpha value is 0.110. The minimum absolute atomic E-state index is 0.172. The van der Waals surface area contributed by atoms with Gasteiger partial charge in [0.15, 0.2) is 0 Å². The summed E-state index contributed by atoms with van der Waals surface area (Å²) >= 11 is 9.30. The molecule has 0 heterocycles. The van der Waals surface area contributed by atoms with Crippen LogP contribution >= 0.6 is 24.2 Å². The number of alkyl halides is 1. The quantitative estimate of drug-likeness (QED) is 0.438. The van der Waals surface area contributed by atoms with E-state index in [1.165, 1.54) is 0 Å². The maximum absolute atomic E-state index is 10.2. The first kappa shape index (κ1) is 8.11. The molecular weight excluding hydrogens is 146 g/mol. The zero-order valence-corrected chi connectivity index (χ0v) is 6.12. The molecule has 0 bridgehead atoms. The molecule has 2 atom stereocenters. The molecule has 0 aliphatic rings. The second-order valence-corrected chi connectivity index (χ2v) is 2.83. The van der Waals surface area contributed by atoms with Crippen LogP contribution in [0.15, 0.2) is 0 Å². The molecule has 8 heavy (non-hydrogen) atoms. The third-order valence-electron chi connectivity index (χ3n) is 0.695. The lowest BCUT2D eigenvalue weighted by Gasteiger charge is -2.05. The monoisotopic (exact) mass is 153 g/mol. The van der Waals surface area contributed by atoms with E-state index in [0.717, 1.165) is 0 Å². The highest BCUT2D eigenvalue weighted by Gasteiger charge is 2.15. The molecule has 0 aliphatic heterocycles. The van der Waals surface area contributed by atoms with Crippen LogP contribution in [0.25, 0.3) is 0 Å². The van der Waals surface area contributed by atoms with Crippen LogP contribution in [-0.2, 0) is 4.79 Å². The zero-order valence-electron chi connectivity index (χ0n) is 4.47. The van der Waals surface area contributed by atoms with E-state index < -0.39 is 11.3 Å². The molecule has 2 nitrogen and oxygen atoms in total. The third-order valence-corrected chi connectivity index (χ3v) is 1.76. The van der Waals surface area contributed by atoms with E-state index in [1.807, 2.05) is 0 Å². The van der Waals surface area contributed by atoms with Crippen molar-refractivity contribution < 1.29 is 4.79 Å². The molecular formula is C4H8ClNOS. The van der Waals surface area contributed by atoms with Gasteiger partial charge in [0.1, 0.15) is 5.38 Å². The summed E-state index contributed by atoms with van der Waals surface area (Å²) < 4.78 is 0. The van der Waals surface area contributed by atoms with Crippen LogP contribution in [0.4, 0.5) is 0 Å². The molecule has 0 aromatic rings. The average molecular weight is 154 g/mol. The molecule has 0 rings (SSSR count). The maximum atomic E-state index is 10.2. The number of thiol groups is 1. The summed E-state index contributed by atoms with van der Waals surface area (Å²) in [6.45, 7) is 1.71. The Balaban J connectivity index is 3.64. The number of halogens is 1. The van der Waals surface area contributed by atoms with Crippen LogP contribution in [0.5, 0.6) is 0 Å². The van der Waals surface area contributed by atoms with Gasteiger partial charge in [0, 0.05) is 5.25 Å². The van der Waals surface area contributed by atoms with E-state index in [2.05, 4.69) is 12.6 Å². The molecule has 1 amide bonds. The fourth-order valence-corrected chi connectivity index (χ4v) is 0.385. The standard InChI is InChI=1S/C4H8ClNOS/c1-2(8)3(5)4(6)7/h2-3,8H,1H3,(H2,6,7). The summed E-state index contributed by atoms with van der Waals surface area (Å²) in [6, 6.07) is 0. The summed E-state index contributed by atoms with van der Waals surface area (Å²) in [4.78, 5) is 10.2. The lowest BCUT2D eigenvalue weighted by Crippen LogP contribution is -2.29. The van der Waals surface area contributed by atoms with Crippen LogP contribution in [0.3, 0.4) is 0 Å². The van der Waals surface area contributed by atoms with E-state index in [1.54, 1.807) is 6.92 Å². The SMILES string of the molecule is CC(S)C(Cl)C(N)=O. The second-order valence-electron chi connectivity index (χ2n) is 1.54. The number of hydrogen-bond acceptors (Lipinski definition) is 2. The molecule has 0 aliphatic carbocycles. The largest absolute Gasteiger partial charge is 0.368 e. The Morgan fingerprint density at radius 3 is 2.25 bits per heavy atom. The summed E-state index contributed by atoms with van der Waals surface area (Å²) in [5, 5.41) is -0.826. The molecule has 48 valence electrons. The van der Waals surface area contributed by atoms with Gasteiger partial charge in [-0.15, -0.1) is 11.6 Å². The predicted molar refractivity (Wildman–Crippen MR) is 37.3 cm³/mol. The van der Waals surface area contributed by atoms with Gasteiger partial charge >= 0.3 is 0 Å². The summed E-state index contributed by atoms with van der Waals surface area (Å²) in [5.41, 5.74) is 4.82. The van der Waals surface area contributed by atoms with Crippen molar-refractivity contribution in [1.82, 2.24) is 0 Å². The Morgan fingerprint density at radius 2 is 2.25 bits per heavy atom. The fraction of sp³-hybridized carbons (Fsp3) is 0.750. The van der Waals surface area contributed by atoms with E-state index in [-0.39, 0.29) is 5.25 Å². The van der Waals surface area contributed by atoms with Gasteiger partial charge in [0.2, 0.25) is 5.91 Å². The van der Waals surface area contributed by atoms with Crippen LogP contribution < -0.4 is 5.73 Å². The Kier molecular flexibility index (Phi) is 3.24. The molecule has 0 spiro atoms. The number of carbonyl (C=O) groups is 1. The molecule has 0 radical (unpaired) electrons. The molecule has 2 unspecified atom stereocenters. The first-order valence-electron chi connectivity index (χ1n) is 2.17.